The number of alkyl halides is 1. The molecule has 0 aromatic carbocycles. The number of methoxy groups -OCH3 is 1. The quantitative estimate of drug-likeness (QED) is 0.181. The number of hydrogen-bond donors (Lipinski definition) is 3. The number of aliphatic hydroxyl groups excluding tert-OH is 2. The molecular formula is C33H55FN2O12. The minimum Gasteiger partial charge on any atom is -0.455 e. The standard InChI is InChI=1S/C33H55FN2O12/c1-11-22-33(7)25(35-30(42)48-33)18(3)23(38)17(2)15-31(5,43-10)27(19(4)26(40)32(6,34)29(41)46-22)47-28-24(39)21(36(8)9)14-20(45-28)16-44-13-12-37/h17-22,24-25,27-28,37,39H,11-16H2,1-10H3,(H,35,42)/t17-,18+,19+,20?,21?,22-,24?,25-,27-,28+,31-,32+,33-/m1/s1. The van der Waals surface area contributed by atoms with Gasteiger partial charge in [0.05, 0.1) is 43.7 Å². The van der Waals surface area contributed by atoms with E-state index in [4.69, 9.17) is 33.5 Å². The Balaban J connectivity index is 2.11. The number of nitrogens with one attached hydrogen (secondary N) is 1. The van der Waals surface area contributed by atoms with Gasteiger partial charge >= 0.3 is 12.1 Å². The van der Waals surface area contributed by atoms with E-state index >= 15 is 4.39 Å². The SMILES string of the molecule is CC[C@H]1OC(=O)[C@@](C)(F)C(=O)[C@H](C)[C@@H](O[C@@H]2OC(COCCO)CC(N(C)C)C2O)[C@](C)(OC)C[C@@H](C)C(=O)[C@H](C)[C@H]2NC(=O)O[C@@]21C. The molecule has 3 N–H and O–H groups in total. The number of Topliss-reactive ketones (excluding diaryl/α,β-unsaturated/α-hetero) is 2. The van der Waals surface area contributed by atoms with Gasteiger partial charge in [-0.1, -0.05) is 27.7 Å². The van der Waals surface area contributed by atoms with Crippen LogP contribution in [0.3, 0.4) is 0 Å². The second-order valence-electron chi connectivity index (χ2n) is 14.2. The summed E-state index contributed by atoms with van der Waals surface area (Å²) in [5.74, 6) is -5.91. The summed E-state index contributed by atoms with van der Waals surface area (Å²) in [6, 6.07) is -1.42. The third-order valence-electron chi connectivity index (χ3n) is 10.4. The van der Waals surface area contributed by atoms with E-state index in [0.717, 1.165) is 6.92 Å². The molecule has 3 rings (SSSR count). The number of cyclic esters (lactones) is 1. The molecular weight excluding hydrogens is 635 g/mol. The van der Waals surface area contributed by atoms with Crippen molar-refractivity contribution in [3.63, 3.8) is 0 Å². The third-order valence-corrected chi connectivity index (χ3v) is 10.4. The van der Waals surface area contributed by atoms with Crippen molar-refractivity contribution in [2.75, 3.05) is 41.0 Å². The maximum Gasteiger partial charge on any atom is 0.408 e. The number of halogens is 1. The molecule has 3 unspecified atom stereocenters. The molecule has 0 radical (unpaired) electrons. The Bertz CT molecular complexity index is 1170. The number of aliphatic hydroxyl groups is 2. The number of carbonyl (C=O) groups excluding carboxylic acids is 4. The van der Waals surface area contributed by atoms with Crippen LogP contribution in [0, 0.1) is 17.8 Å². The topological polar surface area (TPSA) is 179 Å². The van der Waals surface area contributed by atoms with Crippen LogP contribution in [0.25, 0.3) is 0 Å². The van der Waals surface area contributed by atoms with Crippen LogP contribution >= 0.6 is 0 Å². The first-order valence-electron chi connectivity index (χ1n) is 16.7. The summed E-state index contributed by atoms with van der Waals surface area (Å²) in [5, 5.41) is 23.2. The maximum atomic E-state index is 16.5. The summed E-state index contributed by atoms with van der Waals surface area (Å²) in [6.45, 7) is 10.2. The molecule has 48 heavy (non-hydrogen) atoms. The normalized spacial score (nSPS) is 43.3. The molecule has 0 bridgehead atoms. The van der Waals surface area contributed by atoms with Crippen molar-refractivity contribution in [2.45, 2.75) is 127 Å². The fraction of sp³-hybridized carbons (Fsp3) is 0.879. The zero-order chi connectivity index (χ0) is 36.4. The van der Waals surface area contributed by atoms with Gasteiger partial charge in [0.2, 0.25) is 0 Å². The number of esters is 1. The van der Waals surface area contributed by atoms with Crippen LogP contribution in [0.1, 0.15) is 67.7 Å². The molecule has 14 nitrogen and oxygen atoms in total. The van der Waals surface area contributed by atoms with Gasteiger partial charge in [-0.3, -0.25) is 9.59 Å². The number of amides is 1. The molecule has 0 aliphatic carbocycles. The van der Waals surface area contributed by atoms with Crippen molar-refractivity contribution < 1.29 is 62.2 Å². The fourth-order valence-corrected chi connectivity index (χ4v) is 7.47. The minimum atomic E-state index is -3.18. The van der Waals surface area contributed by atoms with Gasteiger partial charge in [-0.05, 0) is 54.1 Å². The van der Waals surface area contributed by atoms with E-state index in [9.17, 15) is 24.3 Å². The van der Waals surface area contributed by atoms with Crippen LogP contribution in [0.15, 0.2) is 0 Å². The van der Waals surface area contributed by atoms with Gasteiger partial charge in [-0.25, -0.2) is 14.0 Å². The van der Waals surface area contributed by atoms with E-state index in [2.05, 4.69) is 5.32 Å². The molecule has 3 heterocycles. The van der Waals surface area contributed by atoms with E-state index in [1.165, 1.54) is 21.0 Å². The summed E-state index contributed by atoms with van der Waals surface area (Å²) in [6.07, 6.45) is -6.13. The van der Waals surface area contributed by atoms with Crippen LogP contribution in [-0.2, 0) is 42.8 Å². The molecule has 3 aliphatic heterocycles. The molecule has 0 saturated carbocycles. The van der Waals surface area contributed by atoms with Crippen molar-refractivity contribution in [1.82, 2.24) is 10.2 Å². The fourth-order valence-electron chi connectivity index (χ4n) is 7.47. The zero-order valence-electron chi connectivity index (χ0n) is 29.8. The van der Waals surface area contributed by atoms with Crippen molar-refractivity contribution in [3.05, 3.63) is 0 Å². The molecule has 276 valence electrons. The molecule has 3 saturated heterocycles. The lowest BCUT2D eigenvalue weighted by atomic mass is 9.73. The van der Waals surface area contributed by atoms with Gasteiger partial charge in [-0.2, -0.15) is 0 Å². The first-order valence-corrected chi connectivity index (χ1v) is 16.7. The first-order chi connectivity index (χ1) is 22.3. The van der Waals surface area contributed by atoms with E-state index in [1.807, 2.05) is 0 Å². The van der Waals surface area contributed by atoms with E-state index in [0.29, 0.717) is 6.42 Å². The van der Waals surface area contributed by atoms with E-state index in [-0.39, 0.29) is 38.4 Å². The monoisotopic (exact) mass is 690 g/mol. The smallest absolute Gasteiger partial charge is 0.408 e. The first kappa shape index (κ1) is 40.2. The highest BCUT2D eigenvalue weighted by Gasteiger charge is 2.59. The van der Waals surface area contributed by atoms with Gasteiger partial charge in [0.25, 0.3) is 5.67 Å². The van der Waals surface area contributed by atoms with Gasteiger partial charge in [0.1, 0.15) is 18.0 Å². The lowest BCUT2D eigenvalue weighted by molar-refractivity contribution is -0.302. The number of likely N-dealkylation sites (N-methyl/N-ethyl adjacent to an activating group) is 1. The highest BCUT2D eigenvalue weighted by molar-refractivity contribution is 6.07. The molecule has 1 amide bonds. The molecule has 15 heteroatoms. The van der Waals surface area contributed by atoms with Gasteiger partial charge < -0.3 is 48.9 Å². The van der Waals surface area contributed by atoms with Crippen molar-refractivity contribution in [3.8, 4) is 0 Å². The Morgan fingerprint density at radius 3 is 2.29 bits per heavy atom. The van der Waals surface area contributed by atoms with Gasteiger partial charge in [-0.15, -0.1) is 0 Å². The summed E-state index contributed by atoms with van der Waals surface area (Å²) >= 11 is 0. The van der Waals surface area contributed by atoms with Gasteiger partial charge in [0.15, 0.2) is 17.7 Å². The second kappa shape index (κ2) is 15.7. The Morgan fingerprint density at radius 2 is 1.73 bits per heavy atom. The Kier molecular flexibility index (Phi) is 13.2. The predicted octanol–water partition coefficient (Wildman–Crippen LogP) is 1.56. The largest absolute Gasteiger partial charge is 0.455 e. The number of fused-ring (bicyclic) bond motifs is 1. The zero-order valence-corrected chi connectivity index (χ0v) is 29.8. The lowest BCUT2D eigenvalue weighted by Gasteiger charge is -2.47. The minimum absolute atomic E-state index is 0.0270. The number of hydrogen-bond acceptors (Lipinski definition) is 13. The molecule has 3 aliphatic rings. The number of carbonyl (C=O) groups is 4. The molecule has 13 atom stereocenters. The molecule has 0 spiro atoms. The number of alkyl carbamates (subject to hydrolysis) is 1. The Hall–Kier alpha value is -2.27. The second-order valence-corrected chi connectivity index (χ2v) is 14.2. The highest BCUT2D eigenvalue weighted by Crippen LogP contribution is 2.41. The average molecular weight is 691 g/mol. The lowest BCUT2D eigenvalue weighted by Crippen LogP contribution is -2.62. The van der Waals surface area contributed by atoms with Crippen LogP contribution in [0.5, 0.6) is 0 Å². The Labute approximate surface area is 282 Å². The highest BCUT2D eigenvalue weighted by atomic mass is 19.1. The van der Waals surface area contributed by atoms with Crippen molar-refractivity contribution in [2.24, 2.45) is 17.8 Å². The molecule has 0 aromatic rings. The average Bonchev–Trinajstić information content (AvgIpc) is 3.35. The van der Waals surface area contributed by atoms with E-state index < -0.39 is 95.3 Å². The number of ketones is 2. The summed E-state index contributed by atoms with van der Waals surface area (Å²) in [7, 11) is 4.91. The number of ether oxygens (including phenoxy) is 6. The van der Waals surface area contributed by atoms with Crippen molar-refractivity contribution >= 4 is 23.6 Å². The van der Waals surface area contributed by atoms with Crippen LogP contribution < -0.4 is 5.32 Å². The molecule has 0 aromatic heterocycles. The summed E-state index contributed by atoms with van der Waals surface area (Å²) < 4.78 is 51.7. The van der Waals surface area contributed by atoms with Gasteiger partial charge in [0, 0.05) is 30.9 Å². The van der Waals surface area contributed by atoms with E-state index in [1.54, 1.807) is 46.7 Å². The summed E-state index contributed by atoms with van der Waals surface area (Å²) in [4.78, 5) is 55.8. The van der Waals surface area contributed by atoms with Crippen LogP contribution in [-0.4, -0.2) is 139 Å². The predicted molar refractivity (Wildman–Crippen MR) is 169 cm³/mol. The van der Waals surface area contributed by atoms with Crippen LogP contribution in [0.4, 0.5) is 9.18 Å². The number of nitrogens with zero attached hydrogens (tertiary/aromatic N) is 1. The molecule has 3 fully saturated rings. The Morgan fingerprint density at radius 1 is 1.08 bits per heavy atom. The third kappa shape index (κ3) is 8.03. The van der Waals surface area contributed by atoms with Crippen LogP contribution in [0.2, 0.25) is 0 Å². The summed E-state index contributed by atoms with van der Waals surface area (Å²) in [5.41, 5.74) is -6.20. The maximum absolute atomic E-state index is 16.5. The van der Waals surface area contributed by atoms with Crippen molar-refractivity contribution in [1.29, 1.82) is 0 Å². The number of rotatable bonds is 9.